The van der Waals surface area contributed by atoms with Crippen LogP contribution in [0.2, 0.25) is 0 Å². The lowest BCUT2D eigenvalue weighted by Crippen LogP contribution is -2.24. The first kappa shape index (κ1) is 13.3. The van der Waals surface area contributed by atoms with Crippen LogP contribution in [0.1, 0.15) is 29.2 Å². The highest BCUT2D eigenvalue weighted by Gasteiger charge is 2.18. The van der Waals surface area contributed by atoms with Gasteiger partial charge in [0.2, 0.25) is 0 Å². The van der Waals surface area contributed by atoms with Crippen molar-refractivity contribution in [3.05, 3.63) is 10.6 Å². The summed E-state index contributed by atoms with van der Waals surface area (Å²) >= 11 is 1.03. The summed E-state index contributed by atoms with van der Waals surface area (Å²) in [5, 5.41) is 2.50. The number of nitrogens with zero attached hydrogens (tertiary/aromatic N) is 1. The van der Waals surface area contributed by atoms with E-state index < -0.39 is 11.9 Å². The predicted octanol–water partition coefficient (Wildman–Crippen LogP) is 1.16. The molecule has 0 unspecified atom stereocenters. The average Bonchev–Trinajstić information content (AvgIpc) is 2.59. The van der Waals surface area contributed by atoms with Gasteiger partial charge in [0, 0.05) is 6.92 Å². The average molecular weight is 256 g/mol. The highest BCUT2D eigenvalue weighted by atomic mass is 32.1. The van der Waals surface area contributed by atoms with Gasteiger partial charge in [0.15, 0.2) is 10.9 Å². The highest BCUT2D eigenvalue weighted by Crippen LogP contribution is 2.22. The van der Waals surface area contributed by atoms with Crippen LogP contribution < -0.4 is 5.32 Å². The summed E-state index contributed by atoms with van der Waals surface area (Å²) in [6, 6.07) is 0. The number of thiazole rings is 1. The second-order valence-corrected chi connectivity index (χ2v) is 4.16. The van der Waals surface area contributed by atoms with Crippen LogP contribution in [0.25, 0.3) is 0 Å². The molecule has 92 valence electrons. The molecule has 1 aromatic rings. The first-order chi connectivity index (χ1) is 7.95. The standard InChI is InChI=1S/C10H12N2O4S/c1-4-16-9(15)8(14)12-10-11-5(2)7(17-10)6(3)13/h4H2,1-3H3,(H,11,12,14). The van der Waals surface area contributed by atoms with E-state index >= 15 is 0 Å². The van der Waals surface area contributed by atoms with Crippen molar-refractivity contribution in [1.82, 2.24) is 4.98 Å². The molecule has 0 aliphatic rings. The Kier molecular flexibility index (Phi) is 4.33. The first-order valence-corrected chi connectivity index (χ1v) is 5.73. The lowest BCUT2D eigenvalue weighted by atomic mass is 10.3. The van der Waals surface area contributed by atoms with Gasteiger partial charge in [-0.15, -0.1) is 0 Å². The molecule has 0 bridgehead atoms. The number of anilines is 1. The minimum atomic E-state index is -0.968. The molecule has 1 aromatic heterocycles. The lowest BCUT2D eigenvalue weighted by molar-refractivity contribution is -0.152. The van der Waals surface area contributed by atoms with Gasteiger partial charge in [-0.25, -0.2) is 9.78 Å². The van der Waals surface area contributed by atoms with Crippen molar-refractivity contribution in [3.8, 4) is 0 Å². The van der Waals surface area contributed by atoms with Crippen molar-refractivity contribution in [2.75, 3.05) is 11.9 Å². The normalized spacial score (nSPS) is 9.82. The number of aromatic nitrogens is 1. The molecule has 6 nitrogen and oxygen atoms in total. The maximum atomic E-state index is 11.3. The molecule has 0 saturated heterocycles. The minimum Gasteiger partial charge on any atom is -0.459 e. The number of nitrogens with one attached hydrogen (secondary N) is 1. The van der Waals surface area contributed by atoms with Crippen LogP contribution in [0.15, 0.2) is 0 Å². The molecular formula is C10H12N2O4S. The predicted molar refractivity (Wildman–Crippen MR) is 62.1 cm³/mol. The van der Waals surface area contributed by atoms with Crippen molar-refractivity contribution < 1.29 is 19.1 Å². The van der Waals surface area contributed by atoms with Gasteiger partial charge in [0.1, 0.15) is 0 Å². The number of rotatable bonds is 3. The second kappa shape index (κ2) is 5.53. The van der Waals surface area contributed by atoms with E-state index in [0.717, 1.165) is 11.3 Å². The number of Topliss-reactive ketones (excluding diaryl/α,β-unsaturated/α-hetero) is 1. The molecule has 1 rings (SSSR count). The molecule has 0 aliphatic carbocycles. The van der Waals surface area contributed by atoms with Crippen LogP contribution in [-0.4, -0.2) is 29.3 Å². The Bertz CT molecular complexity index is 467. The van der Waals surface area contributed by atoms with Crippen LogP contribution in [0.4, 0.5) is 5.13 Å². The summed E-state index contributed by atoms with van der Waals surface area (Å²) in [5.74, 6) is -1.99. The Hall–Kier alpha value is -1.76. The number of amides is 1. The summed E-state index contributed by atoms with van der Waals surface area (Å²) in [7, 11) is 0. The number of hydrogen-bond donors (Lipinski definition) is 1. The Balaban J connectivity index is 2.76. The lowest BCUT2D eigenvalue weighted by Gasteiger charge is -2.00. The zero-order valence-corrected chi connectivity index (χ0v) is 10.5. The van der Waals surface area contributed by atoms with Gasteiger partial charge < -0.3 is 4.74 Å². The third-order valence-corrected chi connectivity index (χ3v) is 2.97. The number of carbonyl (C=O) groups is 3. The number of aryl methyl sites for hydroxylation is 1. The molecule has 0 radical (unpaired) electrons. The first-order valence-electron chi connectivity index (χ1n) is 4.92. The monoisotopic (exact) mass is 256 g/mol. The molecule has 1 heterocycles. The third kappa shape index (κ3) is 3.35. The van der Waals surface area contributed by atoms with Crippen molar-refractivity contribution >= 4 is 34.1 Å². The quantitative estimate of drug-likeness (QED) is 0.498. The van der Waals surface area contributed by atoms with Gasteiger partial charge in [-0.1, -0.05) is 11.3 Å². The van der Waals surface area contributed by atoms with E-state index in [9.17, 15) is 14.4 Å². The van der Waals surface area contributed by atoms with Crippen LogP contribution in [-0.2, 0) is 14.3 Å². The third-order valence-electron chi connectivity index (χ3n) is 1.80. The van der Waals surface area contributed by atoms with Gasteiger partial charge in [-0.3, -0.25) is 14.9 Å². The fourth-order valence-electron chi connectivity index (χ4n) is 1.12. The van der Waals surface area contributed by atoms with Gasteiger partial charge in [0.05, 0.1) is 17.2 Å². The van der Waals surface area contributed by atoms with Crippen LogP contribution in [0.3, 0.4) is 0 Å². The van der Waals surface area contributed by atoms with Crippen LogP contribution in [0.5, 0.6) is 0 Å². The topological polar surface area (TPSA) is 85.4 Å². The molecule has 0 aliphatic heterocycles. The van der Waals surface area contributed by atoms with Crippen molar-refractivity contribution in [2.24, 2.45) is 0 Å². The maximum Gasteiger partial charge on any atom is 0.397 e. The van der Waals surface area contributed by atoms with Gasteiger partial charge in [0.25, 0.3) is 0 Å². The smallest absolute Gasteiger partial charge is 0.397 e. The maximum absolute atomic E-state index is 11.3. The zero-order valence-electron chi connectivity index (χ0n) is 9.70. The summed E-state index contributed by atoms with van der Waals surface area (Å²) < 4.78 is 4.52. The summed E-state index contributed by atoms with van der Waals surface area (Å²) in [4.78, 5) is 37.9. The molecular weight excluding hydrogens is 244 g/mol. The number of esters is 1. The minimum absolute atomic E-state index is 0.127. The molecule has 0 atom stereocenters. The number of carbonyl (C=O) groups excluding carboxylic acids is 3. The molecule has 1 amide bonds. The second-order valence-electron chi connectivity index (χ2n) is 3.16. The van der Waals surface area contributed by atoms with Crippen molar-refractivity contribution in [2.45, 2.75) is 20.8 Å². The van der Waals surface area contributed by atoms with Gasteiger partial charge in [-0.2, -0.15) is 0 Å². The SMILES string of the molecule is CCOC(=O)C(=O)Nc1nc(C)c(C(C)=O)s1. The fraction of sp³-hybridized carbons (Fsp3) is 0.400. The van der Waals surface area contributed by atoms with Gasteiger partial charge in [-0.05, 0) is 13.8 Å². The summed E-state index contributed by atoms with van der Waals surface area (Å²) in [6.07, 6.45) is 0. The Morgan fingerprint density at radius 2 is 2.06 bits per heavy atom. The zero-order chi connectivity index (χ0) is 13.0. The Morgan fingerprint density at radius 3 is 2.53 bits per heavy atom. The number of hydrogen-bond acceptors (Lipinski definition) is 6. The van der Waals surface area contributed by atoms with Crippen LogP contribution >= 0.6 is 11.3 Å². The number of ketones is 1. The van der Waals surface area contributed by atoms with Crippen molar-refractivity contribution in [3.63, 3.8) is 0 Å². The van der Waals surface area contributed by atoms with E-state index in [1.807, 2.05) is 0 Å². The summed E-state index contributed by atoms with van der Waals surface area (Å²) in [5.41, 5.74) is 0.529. The molecule has 0 spiro atoms. The van der Waals surface area contributed by atoms with E-state index in [4.69, 9.17) is 0 Å². The molecule has 0 fully saturated rings. The molecule has 1 N–H and O–H groups in total. The largest absolute Gasteiger partial charge is 0.459 e. The highest BCUT2D eigenvalue weighted by molar-refractivity contribution is 7.17. The van der Waals surface area contributed by atoms with Crippen LogP contribution in [0, 0.1) is 6.92 Å². The summed E-state index contributed by atoms with van der Waals surface area (Å²) in [6.45, 7) is 4.80. The van der Waals surface area contributed by atoms with E-state index in [1.165, 1.54) is 6.92 Å². The van der Waals surface area contributed by atoms with E-state index in [2.05, 4.69) is 15.0 Å². The molecule has 17 heavy (non-hydrogen) atoms. The number of ether oxygens (including phenoxy) is 1. The van der Waals surface area contributed by atoms with E-state index in [1.54, 1.807) is 13.8 Å². The molecule has 0 aromatic carbocycles. The molecule has 7 heteroatoms. The Labute approximate surface area is 102 Å². The van der Waals surface area contributed by atoms with E-state index in [-0.39, 0.29) is 17.5 Å². The fourth-order valence-corrected chi connectivity index (χ4v) is 1.98. The van der Waals surface area contributed by atoms with Crippen molar-refractivity contribution in [1.29, 1.82) is 0 Å². The Morgan fingerprint density at radius 1 is 1.41 bits per heavy atom. The molecule has 0 saturated carbocycles. The van der Waals surface area contributed by atoms with E-state index in [0.29, 0.717) is 10.6 Å². The van der Waals surface area contributed by atoms with Gasteiger partial charge >= 0.3 is 11.9 Å².